The minimum absolute atomic E-state index is 0.203. The Balaban J connectivity index is 2.92. The van der Waals surface area contributed by atoms with Crippen LogP contribution in [0.2, 0.25) is 0 Å². The van der Waals surface area contributed by atoms with Crippen molar-refractivity contribution in [2.45, 2.75) is 60.8 Å². The van der Waals surface area contributed by atoms with Gasteiger partial charge >= 0.3 is 0 Å². The van der Waals surface area contributed by atoms with Gasteiger partial charge in [-0.1, -0.05) is 41.5 Å². The van der Waals surface area contributed by atoms with E-state index in [4.69, 9.17) is 1.37 Å². The Morgan fingerprint density at radius 3 is 1.77 bits per heavy atom. The molecule has 0 N–H and O–H groups in total. The summed E-state index contributed by atoms with van der Waals surface area (Å²) in [6.45, 7) is 13.7. The highest BCUT2D eigenvalue weighted by atomic mass is 14.4. The summed E-state index contributed by atoms with van der Waals surface area (Å²) in [5, 5.41) is 0. The van der Waals surface area contributed by atoms with Gasteiger partial charge in [0.25, 0.3) is 0 Å². The molecule has 0 unspecified atom stereocenters. The summed E-state index contributed by atoms with van der Waals surface area (Å²) in [4.78, 5) is 0. The van der Waals surface area contributed by atoms with Crippen LogP contribution in [0.5, 0.6) is 0 Å². The summed E-state index contributed by atoms with van der Waals surface area (Å²) in [5.41, 5.74) is 0.682. The van der Waals surface area contributed by atoms with Gasteiger partial charge in [0, 0.05) is 1.37 Å². The second-order valence-electron chi connectivity index (χ2n) is 6.67. The Kier molecular flexibility index (Phi) is 2.42. The van der Waals surface area contributed by atoms with E-state index in [1.165, 1.54) is 6.42 Å². The number of hydrogen-bond donors (Lipinski definition) is 0. The molecule has 1 aliphatic rings. The predicted molar refractivity (Wildman–Crippen MR) is 59.7 cm³/mol. The van der Waals surface area contributed by atoms with Crippen LogP contribution in [-0.4, -0.2) is 0 Å². The average Bonchev–Trinajstić information content (AvgIpc) is 1.76. The first kappa shape index (κ1) is 9.55. The molecule has 1 saturated carbocycles. The van der Waals surface area contributed by atoms with Crippen molar-refractivity contribution in [1.82, 2.24) is 0 Å². The van der Waals surface area contributed by atoms with Crippen molar-refractivity contribution < 1.29 is 1.37 Å². The summed E-state index contributed by atoms with van der Waals surface area (Å²) in [7, 11) is 0. The van der Waals surface area contributed by atoms with E-state index in [1.807, 2.05) is 0 Å². The maximum Gasteiger partial charge on any atom is 0.0306 e. The largest absolute Gasteiger partial charge is 0.0625 e. The van der Waals surface area contributed by atoms with Crippen molar-refractivity contribution in [1.29, 1.82) is 0 Å². The average molecular weight is 183 g/mol. The normalized spacial score (nSPS) is 31.5. The number of hydrogen-bond acceptors (Lipinski definition) is 0. The molecule has 0 spiro atoms. The fraction of sp³-hybridized carbons (Fsp3) is 1.00. The second kappa shape index (κ2) is 3.29. The molecule has 1 rings (SSSR count). The number of rotatable bonds is 1. The van der Waals surface area contributed by atoms with Crippen LogP contribution in [0, 0.1) is 22.6 Å². The van der Waals surface area contributed by atoms with Crippen molar-refractivity contribution >= 4 is 0 Å². The van der Waals surface area contributed by atoms with Crippen LogP contribution in [-0.2, 0) is 0 Å². The van der Waals surface area contributed by atoms with Crippen LogP contribution >= 0.6 is 0 Å². The third kappa shape index (κ3) is 3.00. The van der Waals surface area contributed by atoms with E-state index in [9.17, 15) is 0 Å². The molecule has 0 amide bonds. The van der Waals surface area contributed by atoms with Crippen molar-refractivity contribution in [3.05, 3.63) is 0 Å². The van der Waals surface area contributed by atoms with E-state index >= 15 is 0 Å². The lowest BCUT2D eigenvalue weighted by molar-refractivity contribution is 0.0472. The second-order valence-corrected chi connectivity index (χ2v) is 6.67. The van der Waals surface area contributed by atoms with E-state index < -0.39 is 0 Å². The summed E-state index contributed by atoms with van der Waals surface area (Å²) in [6, 6.07) is 0. The Morgan fingerprint density at radius 2 is 1.46 bits per heavy atom. The van der Waals surface area contributed by atoms with Gasteiger partial charge in [0.05, 0.1) is 0 Å². The lowest BCUT2D eigenvalue weighted by atomic mass is 9.59. The molecule has 0 saturated heterocycles. The third-order valence-corrected chi connectivity index (χ3v) is 3.18. The summed E-state index contributed by atoms with van der Waals surface area (Å²) >= 11 is 0. The molecule has 1 fully saturated rings. The zero-order valence-corrected chi connectivity index (χ0v) is 10.2. The van der Waals surface area contributed by atoms with Crippen molar-refractivity contribution in [2.75, 3.05) is 0 Å². The topological polar surface area (TPSA) is 0 Å². The van der Waals surface area contributed by atoms with Crippen LogP contribution in [0.1, 0.15) is 62.2 Å². The highest BCUT2D eigenvalue weighted by molar-refractivity contribution is 4.89. The Hall–Kier alpha value is 0. The van der Waals surface area contributed by atoms with E-state index in [1.54, 1.807) is 0 Å². The van der Waals surface area contributed by atoms with Gasteiger partial charge in [-0.2, -0.15) is 0 Å². The van der Waals surface area contributed by atoms with Crippen molar-refractivity contribution in [3.63, 3.8) is 0 Å². The molecule has 13 heavy (non-hydrogen) atoms. The molecule has 0 aliphatic heterocycles. The fourth-order valence-electron chi connectivity index (χ4n) is 3.12. The van der Waals surface area contributed by atoms with Crippen LogP contribution in [0.25, 0.3) is 0 Å². The summed E-state index contributed by atoms with van der Waals surface area (Å²) in [6.07, 6.45) is 3.37. The van der Waals surface area contributed by atoms with Gasteiger partial charge in [-0.05, 0) is 41.9 Å². The van der Waals surface area contributed by atoms with E-state index in [0.29, 0.717) is 16.7 Å². The van der Waals surface area contributed by atoms with Gasteiger partial charge < -0.3 is 0 Å². The quantitative estimate of drug-likeness (QED) is 0.561. The SMILES string of the molecule is [2H]C1(C(C)C)CC(C)(C)CC(C)(C)C1. The van der Waals surface area contributed by atoms with Gasteiger partial charge in [0.2, 0.25) is 0 Å². The Morgan fingerprint density at radius 1 is 1.08 bits per heavy atom. The van der Waals surface area contributed by atoms with Crippen LogP contribution in [0.4, 0.5) is 0 Å². The first-order valence-corrected chi connectivity index (χ1v) is 5.56. The molecule has 0 aromatic rings. The van der Waals surface area contributed by atoms with E-state index in [2.05, 4.69) is 41.5 Å². The molecule has 1 aliphatic carbocycles. The van der Waals surface area contributed by atoms with E-state index in [-0.39, 0.29) is 5.89 Å². The van der Waals surface area contributed by atoms with Gasteiger partial charge in [-0.15, -0.1) is 0 Å². The highest BCUT2D eigenvalue weighted by Crippen LogP contribution is 2.50. The smallest absolute Gasteiger partial charge is 0.0306 e. The molecular formula is C13H26. The lowest BCUT2D eigenvalue weighted by Crippen LogP contribution is -2.35. The van der Waals surface area contributed by atoms with Crippen LogP contribution in [0.3, 0.4) is 0 Å². The van der Waals surface area contributed by atoms with Crippen molar-refractivity contribution in [3.8, 4) is 0 Å². The van der Waals surface area contributed by atoms with Gasteiger partial charge in [0.15, 0.2) is 0 Å². The summed E-state index contributed by atoms with van der Waals surface area (Å²) < 4.78 is 8.59. The third-order valence-electron chi connectivity index (χ3n) is 3.18. The molecule has 0 bridgehead atoms. The Bertz CT molecular complexity index is 197. The standard InChI is InChI=1S/C13H26/c1-10(2)11-7-12(3,4)9-13(5,6)8-11/h10-11H,7-9H2,1-6H3/i11D. The first-order valence-electron chi connectivity index (χ1n) is 6.06. The maximum absolute atomic E-state index is 8.59. The molecule has 0 atom stereocenters. The zero-order chi connectivity index (χ0) is 11.2. The molecule has 0 aromatic heterocycles. The molecule has 78 valence electrons. The lowest BCUT2D eigenvalue weighted by Gasteiger charge is -2.46. The maximum atomic E-state index is 8.59. The summed E-state index contributed by atoms with van der Waals surface area (Å²) in [5.74, 6) is 0.270. The minimum atomic E-state index is -0.203. The highest BCUT2D eigenvalue weighted by Gasteiger charge is 2.39. The van der Waals surface area contributed by atoms with Crippen LogP contribution < -0.4 is 0 Å². The molecule has 0 radical (unpaired) electrons. The van der Waals surface area contributed by atoms with Crippen molar-refractivity contribution in [2.24, 2.45) is 22.6 Å². The minimum Gasteiger partial charge on any atom is -0.0625 e. The molecule has 0 heterocycles. The molecule has 0 aromatic carbocycles. The van der Waals surface area contributed by atoms with Gasteiger partial charge in [-0.3, -0.25) is 0 Å². The van der Waals surface area contributed by atoms with Crippen LogP contribution in [0.15, 0.2) is 0 Å². The monoisotopic (exact) mass is 183 g/mol. The fourth-order valence-corrected chi connectivity index (χ4v) is 3.12. The van der Waals surface area contributed by atoms with Gasteiger partial charge in [0.1, 0.15) is 0 Å². The van der Waals surface area contributed by atoms with Gasteiger partial charge in [-0.25, -0.2) is 0 Å². The predicted octanol–water partition coefficient (Wildman–Crippen LogP) is 4.49. The molecule has 0 nitrogen and oxygen atoms in total. The zero-order valence-electron chi connectivity index (χ0n) is 11.2. The first-order chi connectivity index (χ1) is 6.06. The molecule has 0 heteroatoms. The molecular weight excluding hydrogens is 156 g/mol. The Labute approximate surface area is 85.5 Å². The van der Waals surface area contributed by atoms with E-state index in [0.717, 1.165) is 12.8 Å².